The highest BCUT2D eigenvalue weighted by molar-refractivity contribution is 4.75. The summed E-state index contributed by atoms with van der Waals surface area (Å²) >= 11 is 0. The molecule has 0 amide bonds. The SMILES string of the molecule is C.C.C1CC1.CC.CC.CC.CC.CC1CCCC(C2CCCCCCC2)CCC1.CC1CCCCCCC1.CC1CCCCCCC1.CC1CCCCCCC1. The van der Waals surface area contributed by atoms with E-state index in [0.717, 1.165) is 35.5 Å². The summed E-state index contributed by atoms with van der Waals surface area (Å²) in [5, 5.41) is 0. The Hall–Kier alpha value is 0. The molecule has 0 aromatic heterocycles. The van der Waals surface area contributed by atoms with Crippen molar-refractivity contribution >= 4 is 0 Å². The second kappa shape index (κ2) is 56.0. The highest BCUT2D eigenvalue weighted by atomic mass is 14.3. The maximum Gasteiger partial charge on any atom is -0.0386 e. The van der Waals surface area contributed by atoms with Gasteiger partial charge in [0.05, 0.1) is 0 Å². The van der Waals surface area contributed by atoms with Gasteiger partial charge in [-0.2, -0.15) is 0 Å². The third kappa shape index (κ3) is 50.3. The largest absolute Gasteiger partial charge is 0.0776 e. The van der Waals surface area contributed by atoms with Crippen LogP contribution in [0, 0.1) is 35.5 Å². The quantitative estimate of drug-likeness (QED) is 0.248. The van der Waals surface area contributed by atoms with E-state index in [9.17, 15) is 0 Å². The van der Waals surface area contributed by atoms with Gasteiger partial charge in [0.2, 0.25) is 0 Å². The lowest BCUT2D eigenvalue weighted by Crippen LogP contribution is -2.18. The number of hydrogen-bond acceptors (Lipinski definition) is 0. The molecule has 0 spiro atoms. The zero-order valence-corrected chi connectivity index (χ0v) is 41.6. The summed E-state index contributed by atoms with van der Waals surface area (Å²) in [7, 11) is 0. The van der Waals surface area contributed by atoms with Crippen LogP contribution in [0.2, 0.25) is 0 Å². The van der Waals surface area contributed by atoms with Crippen LogP contribution in [0.25, 0.3) is 0 Å². The summed E-state index contributed by atoms with van der Waals surface area (Å²) in [4.78, 5) is 0. The summed E-state index contributed by atoms with van der Waals surface area (Å²) < 4.78 is 0. The Morgan fingerprint density at radius 1 is 0.175 bits per heavy atom. The van der Waals surface area contributed by atoms with Crippen molar-refractivity contribution in [1.82, 2.24) is 0 Å². The molecule has 6 saturated carbocycles. The van der Waals surface area contributed by atoms with Gasteiger partial charge in [0, 0.05) is 0 Å². The normalized spacial score (nSPS) is 23.8. The second-order valence-electron chi connectivity index (χ2n) is 18.2. The molecule has 6 aliphatic rings. The van der Waals surface area contributed by atoms with Crippen molar-refractivity contribution < 1.29 is 0 Å². The van der Waals surface area contributed by atoms with Crippen molar-refractivity contribution in [2.24, 2.45) is 35.5 Å². The first-order valence-corrected chi connectivity index (χ1v) is 27.0. The van der Waals surface area contributed by atoms with Crippen LogP contribution in [0.1, 0.15) is 336 Å². The summed E-state index contributed by atoms with van der Waals surface area (Å²) in [5.41, 5.74) is 0. The molecule has 6 aliphatic carbocycles. The molecule has 0 N–H and O–H groups in total. The lowest BCUT2D eigenvalue weighted by molar-refractivity contribution is 0.210. The van der Waals surface area contributed by atoms with Gasteiger partial charge < -0.3 is 0 Å². The van der Waals surface area contributed by atoms with Gasteiger partial charge in [0.25, 0.3) is 0 Å². The summed E-state index contributed by atoms with van der Waals surface area (Å²) in [6.45, 7) is 25.6. The third-order valence-electron chi connectivity index (χ3n) is 12.9. The standard InChI is InChI=1S/C17H32.3C9H18.C3H6.4C2H6.2CH4/c1-15-9-7-13-17(14-8-10-15)16-11-5-3-2-4-6-12-16;3*1-9-7-5-3-2-4-6-8-9;1-2-3-1;4*1-2;;/h15-17H,2-14H2,1H3;3*9H,2-8H2,1H3;1-3H2;4*1-2H3;2*1H4. The van der Waals surface area contributed by atoms with Crippen LogP contribution in [0.5, 0.6) is 0 Å². The lowest BCUT2D eigenvalue weighted by atomic mass is 9.75. The van der Waals surface area contributed by atoms with E-state index in [1.165, 1.54) is 212 Å². The summed E-state index contributed by atoms with van der Waals surface area (Å²) in [6, 6.07) is 0. The zero-order chi connectivity index (χ0) is 41.6. The monoisotopic (exact) mass is 809 g/mol. The van der Waals surface area contributed by atoms with Gasteiger partial charge in [-0.15, -0.1) is 0 Å². The second-order valence-corrected chi connectivity index (χ2v) is 18.2. The van der Waals surface area contributed by atoms with Crippen LogP contribution < -0.4 is 0 Å². The van der Waals surface area contributed by atoms with Crippen LogP contribution in [0.3, 0.4) is 0 Å². The van der Waals surface area contributed by atoms with Crippen molar-refractivity contribution in [2.45, 2.75) is 336 Å². The first kappa shape index (κ1) is 66.1. The van der Waals surface area contributed by atoms with Crippen molar-refractivity contribution in [3.8, 4) is 0 Å². The van der Waals surface area contributed by atoms with Crippen molar-refractivity contribution in [3.05, 3.63) is 0 Å². The molecule has 0 unspecified atom stereocenters. The molecule has 0 aromatic carbocycles. The van der Waals surface area contributed by atoms with Gasteiger partial charge in [-0.1, -0.05) is 336 Å². The number of hydrogen-bond donors (Lipinski definition) is 0. The van der Waals surface area contributed by atoms with Crippen LogP contribution >= 0.6 is 0 Å². The molecule has 0 nitrogen and oxygen atoms in total. The molecule has 0 saturated heterocycles. The molecule has 352 valence electrons. The van der Waals surface area contributed by atoms with E-state index < -0.39 is 0 Å². The average molecular weight is 810 g/mol. The fraction of sp³-hybridized carbons (Fsp3) is 1.00. The fourth-order valence-corrected chi connectivity index (χ4v) is 9.16. The maximum atomic E-state index is 2.45. The molecular weight excluding hydrogens is 685 g/mol. The molecule has 0 radical (unpaired) electrons. The van der Waals surface area contributed by atoms with Gasteiger partial charge in [-0.05, 0) is 35.5 Å². The minimum absolute atomic E-state index is 0. The van der Waals surface area contributed by atoms with E-state index in [1.54, 1.807) is 25.7 Å². The molecule has 0 aliphatic heterocycles. The Morgan fingerprint density at radius 3 is 0.491 bits per heavy atom. The predicted octanol–water partition coefficient (Wildman–Crippen LogP) is 22.6. The first-order chi connectivity index (χ1) is 27.0. The van der Waals surface area contributed by atoms with Crippen LogP contribution in [-0.2, 0) is 0 Å². The van der Waals surface area contributed by atoms with E-state index in [4.69, 9.17) is 0 Å². The molecular formula is C57H124. The lowest BCUT2D eigenvalue weighted by Gasteiger charge is -2.31. The number of rotatable bonds is 1. The minimum atomic E-state index is 0. The summed E-state index contributed by atoms with van der Waals surface area (Å²) in [5.74, 6) is 6.26. The fourth-order valence-electron chi connectivity index (χ4n) is 9.16. The zero-order valence-electron chi connectivity index (χ0n) is 41.6. The van der Waals surface area contributed by atoms with Crippen molar-refractivity contribution in [1.29, 1.82) is 0 Å². The van der Waals surface area contributed by atoms with Gasteiger partial charge >= 0.3 is 0 Å². The molecule has 0 heterocycles. The van der Waals surface area contributed by atoms with Crippen molar-refractivity contribution in [3.63, 3.8) is 0 Å². The maximum absolute atomic E-state index is 2.45. The van der Waals surface area contributed by atoms with Crippen molar-refractivity contribution in [2.75, 3.05) is 0 Å². The van der Waals surface area contributed by atoms with E-state index in [-0.39, 0.29) is 14.9 Å². The Bertz CT molecular complexity index is 542. The van der Waals surface area contributed by atoms with Gasteiger partial charge in [0.15, 0.2) is 0 Å². The van der Waals surface area contributed by atoms with Gasteiger partial charge in [-0.25, -0.2) is 0 Å². The van der Waals surface area contributed by atoms with E-state index in [0.29, 0.717) is 0 Å². The van der Waals surface area contributed by atoms with Gasteiger partial charge in [0.1, 0.15) is 0 Å². The molecule has 0 heteroatoms. The molecule has 6 rings (SSSR count). The molecule has 0 aromatic rings. The molecule has 6 fully saturated rings. The van der Waals surface area contributed by atoms with E-state index in [2.05, 4.69) is 27.7 Å². The Balaban J connectivity index is -0.000000198. The summed E-state index contributed by atoms with van der Waals surface area (Å²) in [6.07, 6.45) is 55.6. The Labute approximate surface area is 369 Å². The highest BCUT2D eigenvalue weighted by Crippen LogP contribution is 2.36. The topological polar surface area (TPSA) is 0 Å². The van der Waals surface area contributed by atoms with Crippen LogP contribution in [0.15, 0.2) is 0 Å². The average Bonchev–Trinajstić information content (AvgIpc) is 4.06. The van der Waals surface area contributed by atoms with E-state index >= 15 is 0 Å². The third-order valence-corrected chi connectivity index (χ3v) is 12.9. The molecule has 57 heavy (non-hydrogen) atoms. The van der Waals surface area contributed by atoms with Gasteiger partial charge in [-0.3, -0.25) is 0 Å². The highest BCUT2D eigenvalue weighted by Gasteiger charge is 2.23. The predicted molar refractivity (Wildman–Crippen MR) is 273 cm³/mol. The first-order valence-electron chi connectivity index (χ1n) is 27.0. The Morgan fingerprint density at radius 2 is 0.298 bits per heavy atom. The smallest absolute Gasteiger partial charge is 0.0386 e. The van der Waals surface area contributed by atoms with Crippen LogP contribution in [-0.4, -0.2) is 0 Å². The Kier molecular flexibility index (Phi) is 64.9. The van der Waals surface area contributed by atoms with Crippen LogP contribution in [0.4, 0.5) is 0 Å². The minimum Gasteiger partial charge on any atom is -0.0776 e. The molecule has 0 atom stereocenters. The van der Waals surface area contributed by atoms with E-state index in [1.807, 2.05) is 55.4 Å². The molecule has 0 bridgehead atoms.